The number of allylic oxidation sites excluding steroid dienone is 1. The van der Waals surface area contributed by atoms with E-state index < -0.39 is 30.2 Å². The number of hydrogen-bond donors (Lipinski definition) is 0. The maximum Gasteiger partial charge on any atom is 0.302 e. The minimum Gasteiger partial charge on any atom is -0.463 e. The number of azide groups is 1. The first-order valence-electron chi connectivity index (χ1n) is 6.58. The molecule has 0 aliphatic carbocycles. The highest BCUT2D eigenvalue weighted by molar-refractivity contribution is 5.66. The van der Waals surface area contributed by atoms with Crippen LogP contribution in [0.4, 0.5) is 0 Å². The molecule has 1 heterocycles. The molecule has 1 rings (SSSR count). The summed E-state index contributed by atoms with van der Waals surface area (Å²) >= 11 is 0. The first kappa shape index (κ1) is 17.0. The van der Waals surface area contributed by atoms with Gasteiger partial charge in [0.05, 0.1) is 12.6 Å². The van der Waals surface area contributed by atoms with E-state index in [0.717, 1.165) is 0 Å². The lowest BCUT2D eigenvalue weighted by molar-refractivity contribution is -0.170. The fourth-order valence-corrected chi connectivity index (χ4v) is 2.22. The Morgan fingerprint density at radius 3 is 2.67 bits per heavy atom. The van der Waals surface area contributed by atoms with E-state index in [2.05, 4.69) is 10.0 Å². The lowest BCUT2D eigenvalue weighted by Gasteiger charge is -2.39. The van der Waals surface area contributed by atoms with Gasteiger partial charge in [-0.1, -0.05) is 17.3 Å². The van der Waals surface area contributed by atoms with Crippen LogP contribution < -0.4 is 0 Å². The monoisotopic (exact) mass is 297 g/mol. The first-order valence-corrected chi connectivity index (χ1v) is 6.58. The number of esters is 2. The Balaban J connectivity index is 2.96. The number of hydrogen-bond acceptors (Lipinski definition) is 6. The van der Waals surface area contributed by atoms with Gasteiger partial charge in [0.25, 0.3) is 0 Å². The topological polar surface area (TPSA) is 111 Å². The summed E-state index contributed by atoms with van der Waals surface area (Å²) in [5, 5.41) is 3.62. The highest BCUT2D eigenvalue weighted by Crippen LogP contribution is 2.28. The predicted molar refractivity (Wildman–Crippen MR) is 73.2 cm³/mol. The summed E-state index contributed by atoms with van der Waals surface area (Å²) in [6.07, 6.45) is 2.47. The molecule has 0 amide bonds. The van der Waals surface area contributed by atoms with E-state index in [1.165, 1.54) is 13.8 Å². The Kier molecular flexibility index (Phi) is 6.71. The number of rotatable bonds is 5. The molecule has 0 saturated carbocycles. The molecule has 21 heavy (non-hydrogen) atoms. The van der Waals surface area contributed by atoms with E-state index in [9.17, 15) is 9.59 Å². The van der Waals surface area contributed by atoms with Crippen LogP contribution in [-0.2, 0) is 23.8 Å². The second-order valence-corrected chi connectivity index (χ2v) is 4.62. The first-order chi connectivity index (χ1) is 9.99. The zero-order chi connectivity index (χ0) is 15.8. The molecular formula is C13H19N3O5. The lowest BCUT2D eigenvalue weighted by atomic mass is 9.88. The van der Waals surface area contributed by atoms with Crippen molar-refractivity contribution in [1.82, 2.24) is 0 Å². The molecule has 0 radical (unpaired) electrons. The van der Waals surface area contributed by atoms with Crippen LogP contribution in [0.5, 0.6) is 0 Å². The fraction of sp³-hybridized carbons (Fsp3) is 0.692. The fourth-order valence-electron chi connectivity index (χ4n) is 2.22. The molecule has 0 bridgehead atoms. The normalized spacial score (nSPS) is 28.7. The summed E-state index contributed by atoms with van der Waals surface area (Å²) in [7, 11) is 0. The van der Waals surface area contributed by atoms with Crippen LogP contribution in [0.25, 0.3) is 10.4 Å². The quantitative estimate of drug-likeness (QED) is 0.252. The van der Waals surface area contributed by atoms with Gasteiger partial charge in [-0.2, -0.15) is 0 Å². The Morgan fingerprint density at radius 2 is 2.14 bits per heavy atom. The Labute approximate surface area is 122 Å². The summed E-state index contributed by atoms with van der Waals surface area (Å²) in [5.41, 5.74) is 8.60. The standard InChI is InChI=1S/C13H19N3O5/c1-4-5-10-12(7-19-8(2)17)20-6-11(15-16-14)13(10)21-9(3)18/h4-5,10-13H,6-7H2,1-3H3/b5-4+/t10-,11?,12?,13-/m1/s1. The van der Waals surface area contributed by atoms with E-state index in [1.54, 1.807) is 12.2 Å². The molecule has 0 aromatic carbocycles. The van der Waals surface area contributed by atoms with Crippen molar-refractivity contribution < 1.29 is 23.8 Å². The van der Waals surface area contributed by atoms with Crippen LogP contribution in [0, 0.1) is 5.92 Å². The molecule has 1 aliphatic heterocycles. The largest absolute Gasteiger partial charge is 0.463 e. The number of carbonyl (C=O) groups is 2. The van der Waals surface area contributed by atoms with Crippen molar-refractivity contribution in [1.29, 1.82) is 0 Å². The highest BCUT2D eigenvalue weighted by Gasteiger charge is 2.41. The molecule has 8 heteroatoms. The zero-order valence-corrected chi connectivity index (χ0v) is 12.3. The molecule has 2 unspecified atom stereocenters. The van der Waals surface area contributed by atoms with Crippen LogP contribution in [0.1, 0.15) is 20.8 Å². The van der Waals surface area contributed by atoms with Crippen molar-refractivity contribution in [3.63, 3.8) is 0 Å². The summed E-state index contributed by atoms with van der Waals surface area (Å²) in [4.78, 5) is 25.0. The summed E-state index contributed by atoms with van der Waals surface area (Å²) in [6.45, 7) is 4.55. The van der Waals surface area contributed by atoms with Gasteiger partial charge >= 0.3 is 11.9 Å². The van der Waals surface area contributed by atoms with Crippen LogP contribution in [0.15, 0.2) is 17.3 Å². The third-order valence-corrected chi connectivity index (χ3v) is 3.04. The predicted octanol–water partition coefficient (Wildman–Crippen LogP) is 1.75. The summed E-state index contributed by atoms with van der Waals surface area (Å²) in [6, 6.07) is -0.617. The molecule has 0 aromatic heterocycles. The Bertz CT molecular complexity index is 459. The second kappa shape index (κ2) is 8.28. The molecular weight excluding hydrogens is 278 g/mol. The van der Waals surface area contributed by atoms with E-state index in [0.29, 0.717) is 0 Å². The molecule has 0 aromatic rings. The van der Waals surface area contributed by atoms with Crippen LogP contribution in [0.3, 0.4) is 0 Å². The maximum atomic E-state index is 11.3. The average molecular weight is 297 g/mol. The van der Waals surface area contributed by atoms with Gasteiger partial charge in [0.1, 0.15) is 18.8 Å². The van der Waals surface area contributed by atoms with Gasteiger partial charge in [0, 0.05) is 24.7 Å². The van der Waals surface area contributed by atoms with Crippen molar-refractivity contribution >= 4 is 11.9 Å². The van der Waals surface area contributed by atoms with Crippen molar-refractivity contribution in [2.75, 3.05) is 13.2 Å². The number of ether oxygens (including phenoxy) is 3. The molecule has 1 fully saturated rings. The highest BCUT2D eigenvalue weighted by atomic mass is 16.6. The molecule has 0 N–H and O–H groups in total. The minimum absolute atomic E-state index is 0.0467. The average Bonchev–Trinajstić information content (AvgIpc) is 2.41. The zero-order valence-electron chi connectivity index (χ0n) is 12.3. The van der Waals surface area contributed by atoms with Crippen LogP contribution in [-0.4, -0.2) is 43.4 Å². The minimum atomic E-state index is -0.649. The van der Waals surface area contributed by atoms with Crippen LogP contribution >= 0.6 is 0 Å². The van der Waals surface area contributed by atoms with E-state index in [-0.39, 0.29) is 19.1 Å². The van der Waals surface area contributed by atoms with Crippen molar-refractivity contribution in [3.05, 3.63) is 22.6 Å². The molecule has 1 aliphatic rings. The van der Waals surface area contributed by atoms with Gasteiger partial charge in [-0.05, 0) is 12.5 Å². The van der Waals surface area contributed by atoms with Gasteiger partial charge in [0.2, 0.25) is 0 Å². The third kappa shape index (κ3) is 5.09. The molecule has 4 atom stereocenters. The van der Waals surface area contributed by atoms with E-state index in [4.69, 9.17) is 19.7 Å². The van der Waals surface area contributed by atoms with Crippen molar-refractivity contribution in [2.24, 2.45) is 11.0 Å². The SMILES string of the molecule is C/C=C/[C@@H]1C(COC(C)=O)OCC(N=[N+]=[N-])[C@@H]1OC(C)=O. The van der Waals surface area contributed by atoms with E-state index >= 15 is 0 Å². The van der Waals surface area contributed by atoms with Crippen LogP contribution in [0.2, 0.25) is 0 Å². The van der Waals surface area contributed by atoms with Crippen molar-refractivity contribution in [3.8, 4) is 0 Å². The molecule has 8 nitrogen and oxygen atoms in total. The van der Waals surface area contributed by atoms with Gasteiger partial charge < -0.3 is 14.2 Å². The maximum absolute atomic E-state index is 11.3. The number of carbonyl (C=O) groups excluding carboxylic acids is 2. The van der Waals surface area contributed by atoms with Gasteiger partial charge in [-0.3, -0.25) is 9.59 Å². The van der Waals surface area contributed by atoms with Gasteiger partial charge in [-0.25, -0.2) is 0 Å². The number of nitrogens with zero attached hydrogens (tertiary/aromatic N) is 3. The van der Waals surface area contributed by atoms with Crippen molar-refractivity contribution in [2.45, 2.75) is 39.0 Å². The van der Waals surface area contributed by atoms with E-state index in [1.807, 2.05) is 6.92 Å². The summed E-state index contributed by atoms with van der Waals surface area (Å²) < 4.78 is 15.8. The lowest BCUT2D eigenvalue weighted by Crippen LogP contribution is -2.51. The Morgan fingerprint density at radius 1 is 1.43 bits per heavy atom. The molecule has 1 saturated heterocycles. The van der Waals surface area contributed by atoms with Gasteiger partial charge in [-0.15, -0.1) is 0 Å². The Hall–Kier alpha value is -2.05. The third-order valence-electron chi connectivity index (χ3n) is 3.04. The summed E-state index contributed by atoms with van der Waals surface area (Å²) in [5.74, 6) is -1.25. The molecule has 0 spiro atoms. The van der Waals surface area contributed by atoms with Gasteiger partial charge in [0.15, 0.2) is 0 Å². The smallest absolute Gasteiger partial charge is 0.302 e. The molecule has 116 valence electrons. The second-order valence-electron chi connectivity index (χ2n) is 4.62.